The molecule has 4 aromatic rings. The first-order chi connectivity index (χ1) is 36.5. The van der Waals surface area contributed by atoms with Crippen LogP contribution >= 0.6 is 0 Å². The molecule has 430 valence electrons. The van der Waals surface area contributed by atoms with Crippen LogP contribution in [0.5, 0.6) is 0 Å². The Balaban J connectivity index is 0.000000170. The molecule has 2 aromatic carbocycles. The third kappa shape index (κ3) is 12.6. The fraction of sp³-hybridized carbons (Fsp3) is 0.679. The van der Waals surface area contributed by atoms with Crippen molar-refractivity contribution in [3.63, 3.8) is 0 Å². The molecule has 6 aliphatic heterocycles. The van der Waals surface area contributed by atoms with E-state index in [9.17, 15) is 17.6 Å². The summed E-state index contributed by atoms with van der Waals surface area (Å²) in [6.07, 6.45) is 0.139. The smallest absolute Gasteiger partial charge is 0.405 e. The Morgan fingerprint density at radius 1 is 0.557 bits per heavy atom. The number of halogens is 5. The first kappa shape index (κ1) is 61.3. The van der Waals surface area contributed by atoms with Crippen molar-refractivity contribution >= 4 is 55.5 Å². The van der Waals surface area contributed by atoms with Crippen LogP contribution in [0.4, 0.5) is 22.0 Å². The van der Waals surface area contributed by atoms with Gasteiger partial charge in [-0.05, 0) is 203 Å². The Labute approximate surface area is 464 Å². The molecule has 6 fully saturated rings. The van der Waals surface area contributed by atoms with Crippen LogP contribution in [0.15, 0.2) is 41.9 Å². The Bertz CT molecular complexity index is 2850. The van der Waals surface area contributed by atoms with Gasteiger partial charge in [0.25, 0.3) is 0 Å². The number of benzene rings is 2. The summed E-state index contributed by atoms with van der Waals surface area (Å²) in [7, 11) is -2.21. The van der Waals surface area contributed by atoms with E-state index in [2.05, 4.69) is 23.0 Å². The summed E-state index contributed by atoms with van der Waals surface area (Å²) in [4.78, 5) is 0. The number of hydrogen-bond donors (Lipinski definition) is 0. The van der Waals surface area contributed by atoms with Crippen molar-refractivity contribution < 1.29 is 68.7 Å². The summed E-state index contributed by atoms with van der Waals surface area (Å²) in [5.74, 6) is 3.26. The number of ether oxygens (including phenoxy) is 2. The fourth-order valence-corrected chi connectivity index (χ4v) is 9.87. The minimum atomic E-state index is -4.33. The van der Waals surface area contributed by atoms with Gasteiger partial charge in [-0.25, -0.2) is 9.36 Å². The third-order valence-electron chi connectivity index (χ3n) is 17.5. The highest BCUT2D eigenvalue weighted by molar-refractivity contribution is 7.11. The van der Waals surface area contributed by atoms with Gasteiger partial charge in [0.1, 0.15) is 6.42 Å². The van der Waals surface area contributed by atoms with Gasteiger partial charge in [-0.1, -0.05) is 24.8 Å². The average molecular weight is 1110 g/mol. The molecular formula is C56H79B4F5N4O10. The molecule has 6 saturated heterocycles. The third-order valence-corrected chi connectivity index (χ3v) is 17.5. The van der Waals surface area contributed by atoms with E-state index in [-0.39, 0.29) is 40.2 Å². The van der Waals surface area contributed by atoms with E-state index in [1.165, 1.54) is 10.7 Å². The van der Waals surface area contributed by atoms with Gasteiger partial charge in [0.15, 0.2) is 12.5 Å². The fourth-order valence-electron chi connectivity index (χ4n) is 9.87. The molecule has 0 N–H and O–H groups in total. The van der Waals surface area contributed by atoms with Gasteiger partial charge in [-0.15, -0.1) is 10.2 Å². The highest BCUT2D eigenvalue weighted by atomic mass is 19.4. The zero-order chi connectivity index (χ0) is 58.1. The van der Waals surface area contributed by atoms with Crippen molar-refractivity contribution in [1.82, 2.24) is 19.6 Å². The van der Waals surface area contributed by atoms with Crippen molar-refractivity contribution in [1.29, 1.82) is 0 Å². The molecule has 0 amide bonds. The number of aromatic nitrogens is 4. The monoisotopic (exact) mass is 1110 g/mol. The number of alkyl halides is 3. The van der Waals surface area contributed by atoms with Gasteiger partial charge in [0.05, 0.1) is 66.6 Å². The topological polar surface area (TPSA) is 128 Å². The van der Waals surface area contributed by atoms with Crippen LogP contribution in [0.25, 0.3) is 27.3 Å². The Morgan fingerprint density at radius 3 is 1.34 bits per heavy atom. The molecule has 10 rings (SSSR count). The largest absolute Gasteiger partial charge is 0.494 e. The van der Waals surface area contributed by atoms with E-state index < -0.39 is 75.2 Å². The Hall–Kier alpha value is -3.81. The summed E-state index contributed by atoms with van der Waals surface area (Å²) >= 11 is 0. The van der Waals surface area contributed by atoms with Gasteiger partial charge >= 0.3 is 34.4 Å². The molecule has 0 aliphatic carbocycles. The highest BCUT2D eigenvalue weighted by Crippen LogP contribution is 2.47. The maximum atomic E-state index is 15.3. The number of nitrogens with zero attached hydrogens (tertiary/aromatic N) is 4. The number of rotatable bonds is 7. The van der Waals surface area contributed by atoms with Crippen molar-refractivity contribution in [3.05, 3.63) is 64.9 Å². The minimum absolute atomic E-state index is 0.234. The van der Waals surface area contributed by atoms with Gasteiger partial charge in [0.2, 0.25) is 11.9 Å². The van der Waals surface area contributed by atoms with Crippen molar-refractivity contribution in [2.45, 2.75) is 233 Å². The number of fused-ring (bicyclic) bond motifs is 2. The van der Waals surface area contributed by atoms with E-state index in [0.29, 0.717) is 41.6 Å². The van der Waals surface area contributed by atoms with Crippen molar-refractivity contribution in [2.75, 3.05) is 13.2 Å². The molecule has 0 radical (unpaired) electrons. The summed E-state index contributed by atoms with van der Waals surface area (Å²) in [5, 5.41) is 8.78. The van der Waals surface area contributed by atoms with Gasteiger partial charge in [0, 0.05) is 18.8 Å². The Kier molecular flexibility index (Phi) is 17.1. The van der Waals surface area contributed by atoms with Crippen molar-refractivity contribution in [3.8, 4) is 11.8 Å². The van der Waals surface area contributed by atoms with Crippen LogP contribution in [0, 0.1) is 23.7 Å². The zero-order valence-electron chi connectivity index (χ0n) is 49.3. The van der Waals surface area contributed by atoms with Crippen LogP contribution < -0.4 is 0 Å². The minimum Gasteiger partial charge on any atom is -0.405 e. The van der Waals surface area contributed by atoms with E-state index in [1.54, 1.807) is 16.8 Å². The predicted molar refractivity (Wildman–Crippen MR) is 296 cm³/mol. The predicted octanol–water partition coefficient (Wildman–Crippen LogP) is 12.7. The summed E-state index contributed by atoms with van der Waals surface area (Å²) in [6.45, 7) is 35.8. The second-order valence-electron chi connectivity index (χ2n) is 25.4. The summed E-state index contributed by atoms with van der Waals surface area (Å²) in [5.41, 5.74) is 0.577. The molecule has 2 aromatic heterocycles. The Morgan fingerprint density at radius 2 is 0.949 bits per heavy atom. The van der Waals surface area contributed by atoms with Crippen LogP contribution in [0.3, 0.4) is 0 Å². The SMILES string of the molecule is CC/C(B1OC(C)(C)C(C)(C)O1)=C(/B1OC(C)(C)C(C)(C)O1)c1ccc2c(c1)c(F)nn2C1CCCCO1.CC1(C)OB(B2OC(C)(C)C(C)(C)O2)OC1(C)C.Fc1nn(C2CCCCO2)c2ccc(C#CCC(F)(F)F)cc12. The van der Waals surface area contributed by atoms with E-state index in [4.69, 9.17) is 46.7 Å². The lowest BCUT2D eigenvalue weighted by molar-refractivity contribution is -0.123. The second kappa shape index (κ2) is 22.1. The van der Waals surface area contributed by atoms with E-state index in [1.807, 2.05) is 135 Å². The summed E-state index contributed by atoms with van der Waals surface area (Å²) < 4.78 is 130. The molecule has 0 spiro atoms. The maximum Gasteiger partial charge on any atom is 0.494 e. The second-order valence-corrected chi connectivity index (χ2v) is 25.4. The van der Waals surface area contributed by atoms with E-state index in [0.717, 1.165) is 55.0 Å². The first-order valence-corrected chi connectivity index (χ1v) is 27.8. The van der Waals surface area contributed by atoms with Crippen LogP contribution in [-0.2, 0) is 46.7 Å². The molecular weight excluding hydrogens is 1030 g/mol. The van der Waals surface area contributed by atoms with Gasteiger partial charge in [-0.2, -0.15) is 22.0 Å². The molecule has 8 heterocycles. The summed E-state index contributed by atoms with van der Waals surface area (Å²) in [6, 6.07) is 10.3. The molecule has 6 aliphatic rings. The lowest BCUT2D eigenvalue weighted by atomic mass is 9.49. The highest BCUT2D eigenvalue weighted by Gasteiger charge is 2.64. The average Bonchev–Trinajstić information content (AvgIpc) is 4.24. The molecule has 0 bridgehead atoms. The van der Waals surface area contributed by atoms with Crippen LogP contribution in [-0.4, -0.2) is 112 Å². The molecule has 79 heavy (non-hydrogen) atoms. The molecule has 2 atom stereocenters. The molecule has 0 saturated carbocycles. The zero-order valence-corrected chi connectivity index (χ0v) is 49.3. The van der Waals surface area contributed by atoms with Crippen LogP contribution in [0.2, 0.25) is 0 Å². The van der Waals surface area contributed by atoms with Gasteiger partial charge < -0.3 is 46.7 Å². The van der Waals surface area contributed by atoms with Crippen molar-refractivity contribution in [2.24, 2.45) is 0 Å². The molecule has 23 heteroatoms. The maximum absolute atomic E-state index is 15.3. The number of hydrogen-bond acceptors (Lipinski definition) is 12. The lowest BCUT2D eigenvalue weighted by Crippen LogP contribution is -2.41. The normalized spacial score (nSPS) is 25.6. The standard InChI is InChI=1S/C28H41B2FN2O5.C16H14F4N2O.C12H24B2O4/c1-10-20(29-35-25(2,3)26(4,5)36-29)23(30-37-27(6,7)28(8,9)38-30)18-14-15-21-19(17-18)24(31)32-33(21)22-13-11-12-16-34-22;17-15-12-10-11(4-3-8-16(18,19)20)6-7-13(12)22(21-15)14-5-1-2-9-23-14;1-9(2)10(3,4)16-13(15-9)14-17-11(5,6)12(7,8)18-14/h14-15,17,22H,10-13,16H2,1-9H3;6-7,10,14H,1-2,5,8-9H2;1-8H3/b23-20-;;. The van der Waals surface area contributed by atoms with E-state index >= 15 is 4.39 Å². The number of allylic oxidation sites excluding steroid dienone is 1. The quantitative estimate of drug-likeness (QED) is 0.0993. The molecule has 2 unspecified atom stereocenters. The lowest BCUT2D eigenvalue weighted by Gasteiger charge is -2.32. The molecule has 14 nitrogen and oxygen atoms in total. The van der Waals surface area contributed by atoms with Crippen LogP contribution in [0.1, 0.15) is 193 Å². The van der Waals surface area contributed by atoms with Gasteiger partial charge in [-0.3, -0.25) is 0 Å². The first-order valence-electron chi connectivity index (χ1n) is 27.8.